The Kier molecular flexibility index (Phi) is 3.75. The van der Waals surface area contributed by atoms with Gasteiger partial charge in [0.2, 0.25) is 0 Å². The van der Waals surface area contributed by atoms with Crippen molar-refractivity contribution in [2.45, 2.75) is 13.1 Å². The molecule has 5 heteroatoms. The van der Waals surface area contributed by atoms with Gasteiger partial charge in [0.05, 0.1) is 17.7 Å². The van der Waals surface area contributed by atoms with Gasteiger partial charge in [0.25, 0.3) is 0 Å². The Hall–Kier alpha value is -0.0700. The van der Waals surface area contributed by atoms with Crippen LogP contribution in [-0.2, 0) is 0 Å². The van der Waals surface area contributed by atoms with E-state index in [1.807, 2.05) is 19.1 Å². The molecule has 78 valence electrons. The van der Waals surface area contributed by atoms with Gasteiger partial charge in [-0.25, -0.2) is 0 Å². The molecule has 1 unspecified atom stereocenters. The summed E-state index contributed by atoms with van der Waals surface area (Å²) >= 11 is 0. The first-order valence-corrected chi connectivity index (χ1v) is 6.30. The molecule has 1 fully saturated rings. The van der Waals surface area contributed by atoms with Crippen molar-refractivity contribution >= 4 is 10.6 Å². The smallest absolute Gasteiger partial charge is 0.0765 e. The molecule has 0 saturated carbocycles. The predicted octanol–water partition coefficient (Wildman–Crippen LogP) is 0.913. The van der Waals surface area contributed by atoms with Gasteiger partial charge < -0.3 is 5.73 Å². The molecule has 4 nitrogen and oxygen atoms in total. The van der Waals surface area contributed by atoms with Crippen LogP contribution >= 0.6 is 10.6 Å². The van der Waals surface area contributed by atoms with Crippen LogP contribution in [0.2, 0.25) is 0 Å². The Labute approximate surface area is 80.8 Å². The van der Waals surface area contributed by atoms with Gasteiger partial charge in [0.1, 0.15) is 0 Å². The second-order valence-corrected chi connectivity index (χ2v) is 5.68. The van der Waals surface area contributed by atoms with Gasteiger partial charge in [-0.05, 0) is 6.92 Å². The molecule has 0 radical (unpaired) electrons. The summed E-state index contributed by atoms with van der Waals surface area (Å²) in [6.07, 6.45) is 3.74. The highest BCUT2D eigenvalue weighted by Crippen LogP contribution is 2.40. The molecule has 1 aliphatic rings. The number of rotatable bonds is 2. The van der Waals surface area contributed by atoms with Crippen LogP contribution in [0.5, 0.6) is 0 Å². The molecule has 1 atom stereocenters. The fourth-order valence-corrected chi connectivity index (χ4v) is 2.62. The molecule has 0 amide bonds. The molecule has 0 aliphatic carbocycles. The molecular formula is C8H18N2O2S. The summed E-state index contributed by atoms with van der Waals surface area (Å²) < 4.78 is 18.7. The van der Waals surface area contributed by atoms with Crippen LogP contribution in [0.15, 0.2) is 12.2 Å². The largest absolute Gasteiger partial charge is 0.312 e. The molecule has 4 N–H and O–H groups in total. The monoisotopic (exact) mass is 206 g/mol. The lowest BCUT2D eigenvalue weighted by Crippen LogP contribution is -2.47. The predicted molar refractivity (Wildman–Crippen MR) is 56.9 cm³/mol. The van der Waals surface area contributed by atoms with E-state index in [2.05, 4.69) is 4.90 Å². The van der Waals surface area contributed by atoms with Crippen LogP contribution in [0, 0.1) is 0 Å². The molecule has 1 rings (SSSR count). The van der Waals surface area contributed by atoms with Crippen LogP contribution < -0.4 is 5.73 Å². The highest BCUT2D eigenvalue weighted by molar-refractivity contribution is 8.24. The van der Waals surface area contributed by atoms with E-state index in [1.165, 1.54) is 0 Å². The Balaban J connectivity index is 2.40. The minimum absolute atomic E-state index is 0.0829. The quantitative estimate of drug-likeness (QED) is 0.587. The van der Waals surface area contributed by atoms with Gasteiger partial charge in [-0.3, -0.25) is 14.0 Å². The highest BCUT2D eigenvalue weighted by atomic mass is 32.3. The van der Waals surface area contributed by atoms with E-state index in [-0.39, 0.29) is 6.17 Å². The highest BCUT2D eigenvalue weighted by Gasteiger charge is 2.24. The average molecular weight is 206 g/mol. The Morgan fingerprint density at radius 1 is 1.38 bits per heavy atom. The van der Waals surface area contributed by atoms with Crippen molar-refractivity contribution in [1.82, 2.24) is 4.90 Å². The molecule has 0 spiro atoms. The van der Waals surface area contributed by atoms with Gasteiger partial charge in [-0.1, -0.05) is 12.2 Å². The summed E-state index contributed by atoms with van der Waals surface area (Å²) in [5, 5.41) is 0. The molecule has 0 aromatic carbocycles. The first kappa shape index (κ1) is 11.0. The van der Waals surface area contributed by atoms with Crippen LogP contribution in [0.1, 0.15) is 6.92 Å². The van der Waals surface area contributed by atoms with Crippen LogP contribution in [0.3, 0.4) is 0 Å². The van der Waals surface area contributed by atoms with E-state index >= 15 is 0 Å². The molecule has 13 heavy (non-hydrogen) atoms. The first-order valence-electron chi connectivity index (χ1n) is 4.41. The summed E-state index contributed by atoms with van der Waals surface area (Å²) in [7, 11) is -2.29. The second kappa shape index (κ2) is 4.43. The number of hydrogen-bond donors (Lipinski definition) is 3. The second-order valence-electron chi connectivity index (χ2n) is 3.26. The lowest BCUT2D eigenvalue weighted by molar-refractivity contribution is 0.245. The van der Waals surface area contributed by atoms with Crippen molar-refractivity contribution in [2.75, 3.05) is 24.6 Å². The molecule has 0 aromatic rings. The standard InChI is InChI=1S/C8H18N2O2S/c1-2-3-8(9)10-4-6-13(11,12)7-5-10/h2-3,8,11-12H,4-7,9H2,1H3. The maximum absolute atomic E-state index is 9.36. The average Bonchev–Trinajstić information content (AvgIpc) is 2.04. The Morgan fingerprint density at radius 2 is 1.92 bits per heavy atom. The van der Waals surface area contributed by atoms with Gasteiger partial charge in [0.15, 0.2) is 0 Å². The maximum atomic E-state index is 9.36. The zero-order valence-electron chi connectivity index (χ0n) is 7.89. The van der Waals surface area contributed by atoms with Gasteiger partial charge in [0, 0.05) is 13.1 Å². The van der Waals surface area contributed by atoms with E-state index in [0.29, 0.717) is 24.6 Å². The molecule has 0 aromatic heterocycles. The summed E-state index contributed by atoms with van der Waals surface area (Å²) in [5.41, 5.74) is 5.83. The first-order chi connectivity index (χ1) is 6.05. The van der Waals surface area contributed by atoms with E-state index in [9.17, 15) is 9.11 Å². The molecule has 1 saturated heterocycles. The van der Waals surface area contributed by atoms with Crippen LogP contribution in [0.4, 0.5) is 0 Å². The lowest BCUT2D eigenvalue weighted by Gasteiger charge is -2.42. The van der Waals surface area contributed by atoms with Gasteiger partial charge in [-0.15, -0.1) is 0 Å². The summed E-state index contributed by atoms with van der Waals surface area (Å²) in [6.45, 7) is 3.28. The summed E-state index contributed by atoms with van der Waals surface area (Å²) in [6, 6.07) is 0. The Morgan fingerprint density at radius 3 is 2.38 bits per heavy atom. The third-order valence-corrected chi connectivity index (χ3v) is 3.89. The minimum Gasteiger partial charge on any atom is -0.312 e. The summed E-state index contributed by atoms with van der Waals surface area (Å²) in [4.78, 5) is 2.05. The van der Waals surface area contributed by atoms with Crippen molar-refractivity contribution in [1.29, 1.82) is 0 Å². The molecule has 1 heterocycles. The number of nitrogens with two attached hydrogens (primary N) is 1. The molecule has 0 bridgehead atoms. The Bertz CT molecular complexity index is 187. The van der Waals surface area contributed by atoms with Crippen molar-refractivity contribution in [2.24, 2.45) is 5.73 Å². The third-order valence-electron chi connectivity index (χ3n) is 2.22. The molecule has 1 aliphatic heterocycles. The number of nitrogens with zero attached hydrogens (tertiary/aromatic N) is 1. The van der Waals surface area contributed by atoms with Crippen LogP contribution in [-0.4, -0.2) is 44.8 Å². The zero-order chi connectivity index (χ0) is 9.90. The van der Waals surface area contributed by atoms with Gasteiger partial charge >= 0.3 is 0 Å². The fraction of sp³-hybridized carbons (Fsp3) is 0.750. The zero-order valence-corrected chi connectivity index (χ0v) is 8.70. The van der Waals surface area contributed by atoms with E-state index < -0.39 is 10.6 Å². The molecular weight excluding hydrogens is 188 g/mol. The fourth-order valence-electron chi connectivity index (χ4n) is 1.36. The minimum atomic E-state index is -2.29. The normalized spacial score (nSPS) is 28.9. The van der Waals surface area contributed by atoms with Gasteiger partial charge in [-0.2, -0.15) is 10.6 Å². The van der Waals surface area contributed by atoms with Crippen molar-refractivity contribution in [3.8, 4) is 0 Å². The topological polar surface area (TPSA) is 69.7 Å². The lowest BCUT2D eigenvalue weighted by atomic mass is 10.3. The van der Waals surface area contributed by atoms with Crippen molar-refractivity contribution in [3.63, 3.8) is 0 Å². The number of hydrogen-bond acceptors (Lipinski definition) is 4. The van der Waals surface area contributed by atoms with E-state index in [0.717, 1.165) is 0 Å². The third kappa shape index (κ3) is 3.28. The van der Waals surface area contributed by atoms with E-state index in [1.54, 1.807) is 0 Å². The van der Waals surface area contributed by atoms with Crippen LogP contribution in [0.25, 0.3) is 0 Å². The number of allylic oxidation sites excluding steroid dienone is 1. The maximum Gasteiger partial charge on any atom is 0.0765 e. The van der Waals surface area contributed by atoms with E-state index in [4.69, 9.17) is 5.73 Å². The SMILES string of the molecule is CC=CC(N)N1CCS(O)(O)CC1. The van der Waals surface area contributed by atoms with Crippen molar-refractivity contribution < 1.29 is 9.11 Å². The van der Waals surface area contributed by atoms with Crippen molar-refractivity contribution in [3.05, 3.63) is 12.2 Å². The summed E-state index contributed by atoms with van der Waals surface area (Å²) in [5.74, 6) is 0.913.